The number of hydrogen-bond acceptors (Lipinski definition) is 2. The molecule has 0 rings (SSSR count). The molecule has 0 amide bonds. The first-order valence-corrected chi connectivity index (χ1v) is 8.00. The normalized spacial score (nSPS) is 10.7. The molecule has 0 saturated carbocycles. The second-order valence-corrected chi connectivity index (χ2v) is 5.76. The van der Waals surface area contributed by atoms with Crippen LogP contribution in [-0.2, 0) is 4.79 Å². The lowest BCUT2D eigenvalue weighted by Gasteiger charge is -2.29. The van der Waals surface area contributed by atoms with Gasteiger partial charge in [-0.05, 0) is 26.2 Å². The number of rotatable bonds is 10. The summed E-state index contributed by atoms with van der Waals surface area (Å²) in [5, 5.41) is 7.89. The molecule has 120 valence electrons. The molecule has 0 aliphatic rings. The van der Waals surface area contributed by atoms with Gasteiger partial charge in [0.15, 0.2) is 0 Å². The van der Waals surface area contributed by atoms with Crippen LogP contribution >= 0.6 is 0 Å². The third-order valence-electron chi connectivity index (χ3n) is 3.45. The summed E-state index contributed by atoms with van der Waals surface area (Å²) in [5.74, 6) is -0.935. The number of nitrogens with two attached hydrogens (primary N) is 1. The molecular formula is C17H35NO2. The first-order valence-electron chi connectivity index (χ1n) is 8.00. The van der Waals surface area contributed by atoms with Gasteiger partial charge in [-0.3, -0.25) is 0 Å². The van der Waals surface area contributed by atoms with E-state index in [0.717, 1.165) is 0 Å². The second-order valence-electron chi connectivity index (χ2n) is 5.76. The van der Waals surface area contributed by atoms with Gasteiger partial charge in [0.1, 0.15) is 0 Å². The summed E-state index contributed by atoms with van der Waals surface area (Å²) in [7, 11) is 0. The van der Waals surface area contributed by atoms with E-state index >= 15 is 0 Å². The predicted octanol–water partition coefficient (Wildman–Crippen LogP) is 4.90. The number of unbranched alkanes of at least 4 members (excludes halogenated alkanes) is 3. The molecule has 0 heterocycles. The third kappa shape index (κ3) is 13.6. The van der Waals surface area contributed by atoms with Crippen molar-refractivity contribution in [2.75, 3.05) is 0 Å². The zero-order valence-corrected chi connectivity index (χ0v) is 14.0. The van der Waals surface area contributed by atoms with Gasteiger partial charge >= 0.3 is 5.97 Å². The molecule has 0 atom stereocenters. The summed E-state index contributed by atoms with van der Waals surface area (Å²) >= 11 is 0. The largest absolute Gasteiger partial charge is 0.478 e. The summed E-state index contributed by atoms with van der Waals surface area (Å²) in [6, 6.07) is 0. The van der Waals surface area contributed by atoms with E-state index in [4.69, 9.17) is 10.8 Å². The molecule has 0 unspecified atom stereocenters. The summed E-state index contributed by atoms with van der Waals surface area (Å²) in [5.41, 5.74) is 6.79. The molecule has 3 N–H and O–H groups in total. The summed E-state index contributed by atoms with van der Waals surface area (Å²) in [6.07, 6.45) is 11.4. The molecule has 0 radical (unpaired) electrons. The van der Waals surface area contributed by atoms with Crippen LogP contribution in [0.1, 0.15) is 85.5 Å². The Morgan fingerprint density at radius 2 is 1.25 bits per heavy atom. The van der Waals surface area contributed by atoms with Crippen LogP contribution in [0, 0.1) is 0 Å². The molecule has 20 heavy (non-hydrogen) atoms. The van der Waals surface area contributed by atoms with Crippen LogP contribution in [0.25, 0.3) is 0 Å². The Bertz CT molecular complexity index is 228. The fraction of sp³-hybridized carbons (Fsp3) is 0.824. The van der Waals surface area contributed by atoms with E-state index in [-0.39, 0.29) is 11.1 Å². The average Bonchev–Trinajstić information content (AvgIpc) is 2.41. The molecule has 0 aliphatic carbocycles. The van der Waals surface area contributed by atoms with E-state index in [1.165, 1.54) is 64.7 Å². The van der Waals surface area contributed by atoms with Gasteiger partial charge in [0, 0.05) is 11.1 Å². The maximum atomic E-state index is 9.60. The van der Waals surface area contributed by atoms with Gasteiger partial charge in [-0.25, -0.2) is 4.79 Å². The van der Waals surface area contributed by atoms with Crippen molar-refractivity contribution in [2.24, 2.45) is 5.73 Å². The van der Waals surface area contributed by atoms with Gasteiger partial charge < -0.3 is 10.8 Å². The van der Waals surface area contributed by atoms with Crippen molar-refractivity contribution in [1.29, 1.82) is 0 Å². The molecule has 0 saturated heterocycles. The average molecular weight is 285 g/mol. The van der Waals surface area contributed by atoms with Crippen LogP contribution in [-0.4, -0.2) is 16.6 Å². The van der Waals surface area contributed by atoms with Crippen molar-refractivity contribution in [3.05, 3.63) is 12.2 Å². The number of aliphatic carboxylic acids is 1. The number of carboxylic acid groups (broad SMARTS) is 1. The standard InChI is InChI=1S/C13H29N.C4H6O2/c1-4-7-10-13(14,11-8-5-2)12-9-6-3;1-3(2)4(5)6/h4-12,14H2,1-3H3;1H2,2H3,(H,5,6). The van der Waals surface area contributed by atoms with Crippen molar-refractivity contribution < 1.29 is 9.90 Å². The van der Waals surface area contributed by atoms with E-state index in [1.54, 1.807) is 0 Å². The highest BCUT2D eigenvalue weighted by molar-refractivity contribution is 5.84. The van der Waals surface area contributed by atoms with Crippen LogP contribution in [0.2, 0.25) is 0 Å². The second kappa shape index (κ2) is 13.2. The fourth-order valence-corrected chi connectivity index (χ4v) is 1.96. The summed E-state index contributed by atoms with van der Waals surface area (Å²) < 4.78 is 0. The fourth-order valence-electron chi connectivity index (χ4n) is 1.96. The van der Waals surface area contributed by atoms with E-state index in [9.17, 15) is 4.79 Å². The van der Waals surface area contributed by atoms with Gasteiger partial charge in [0.05, 0.1) is 0 Å². The molecule has 0 aliphatic heterocycles. The summed E-state index contributed by atoms with van der Waals surface area (Å²) in [6.45, 7) is 11.4. The van der Waals surface area contributed by atoms with Gasteiger partial charge in [0.2, 0.25) is 0 Å². The van der Waals surface area contributed by atoms with Crippen molar-refractivity contribution in [3.8, 4) is 0 Å². The van der Waals surface area contributed by atoms with Crippen LogP contribution < -0.4 is 5.73 Å². The molecule has 0 aromatic rings. The smallest absolute Gasteiger partial charge is 0.330 e. The Hall–Kier alpha value is -0.830. The van der Waals surface area contributed by atoms with Crippen molar-refractivity contribution >= 4 is 5.97 Å². The topological polar surface area (TPSA) is 63.3 Å². The maximum Gasteiger partial charge on any atom is 0.330 e. The van der Waals surface area contributed by atoms with E-state index < -0.39 is 5.97 Å². The highest BCUT2D eigenvalue weighted by Gasteiger charge is 2.22. The van der Waals surface area contributed by atoms with E-state index in [2.05, 4.69) is 27.4 Å². The maximum absolute atomic E-state index is 9.60. The lowest BCUT2D eigenvalue weighted by Crippen LogP contribution is -2.39. The minimum atomic E-state index is -0.935. The van der Waals surface area contributed by atoms with Crippen LogP contribution in [0.3, 0.4) is 0 Å². The van der Waals surface area contributed by atoms with Gasteiger partial charge in [-0.15, -0.1) is 0 Å². The first-order chi connectivity index (χ1) is 9.32. The number of hydrogen-bond donors (Lipinski definition) is 2. The van der Waals surface area contributed by atoms with Gasteiger partial charge in [-0.1, -0.05) is 65.9 Å². The van der Waals surface area contributed by atoms with Crippen molar-refractivity contribution in [1.82, 2.24) is 0 Å². The minimum absolute atomic E-state index is 0.155. The number of carbonyl (C=O) groups is 1. The molecule has 0 fully saturated rings. The first kappa shape index (κ1) is 21.5. The van der Waals surface area contributed by atoms with Crippen LogP contribution in [0.15, 0.2) is 12.2 Å². The van der Waals surface area contributed by atoms with Crippen molar-refractivity contribution in [2.45, 2.75) is 91.0 Å². The number of carboxylic acids is 1. The van der Waals surface area contributed by atoms with E-state index in [1.807, 2.05) is 0 Å². The lowest BCUT2D eigenvalue weighted by atomic mass is 9.84. The molecular weight excluding hydrogens is 250 g/mol. The van der Waals surface area contributed by atoms with Crippen LogP contribution in [0.5, 0.6) is 0 Å². The molecule has 0 aromatic carbocycles. The van der Waals surface area contributed by atoms with Crippen molar-refractivity contribution in [3.63, 3.8) is 0 Å². The Labute approximate surface area is 125 Å². The molecule has 0 spiro atoms. The Kier molecular flexibility index (Phi) is 14.1. The minimum Gasteiger partial charge on any atom is -0.478 e. The molecule has 3 nitrogen and oxygen atoms in total. The Morgan fingerprint density at radius 3 is 1.40 bits per heavy atom. The molecule has 0 bridgehead atoms. The Morgan fingerprint density at radius 1 is 1.00 bits per heavy atom. The van der Waals surface area contributed by atoms with E-state index in [0.29, 0.717) is 0 Å². The Balaban J connectivity index is 0. The zero-order valence-electron chi connectivity index (χ0n) is 14.0. The highest BCUT2D eigenvalue weighted by atomic mass is 16.4. The van der Waals surface area contributed by atoms with Gasteiger partial charge in [-0.2, -0.15) is 0 Å². The quantitative estimate of drug-likeness (QED) is 0.561. The summed E-state index contributed by atoms with van der Waals surface area (Å²) in [4.78, 5) is 9.60. The monoisotopic (exact) mass is 285 g/mol. The third-order valence-corrected chi connectivity index (χ3v) is 3.45. The SMILES string of the molecule is C=C(C)C(=O)O.CCCCC(N)(CCCC)CCCC. The van der Waals surface area contributed by atoms with Crippen LogP contribution in [0.4, 0.5) is 0 Å². The van der Waals surface area contributed by atoms with Gasteiger partial charge in [0.25, 0.3) is 0 Å². The predicted molar refractivity (Wildman–Crippen MR) is 87.9 cm³/mol. The molecule has 0 aromatic heterocycles. The zero-order chi connectivity index (χ0) is 16.0. The highest BCUT2D eigenvalue weighted by Crippen LogP contribution is 2.24. The molecule has 3 heteroatoms. The lowest BCUT2D eigenvalue weighted by molar-refractivity contribution is -0.132.